The SMILES string of the molecule is COCCOCC(O)CN1CCOC2CCCCC21. The Morgan fingerprint density at radius 1 is 1.32 bits per heavy atom. The predicted octanol–water partition coefficient (Wildman–Crippen LogP) is 0.654. The molecule has 0 aromatic rings. The number of morpholine rings is 1. The van der Waals surface area contributed by atoms with Crippen molar-refractivity contribution in [3.05, 3.63) is 0 Å². The Morgan fingerprint density at radius 2 is 2.16 bits per heavy atom. The molecule has 0 aromatic carbocycles. The Bertz CT molecular complexity index is 250. The summed E-state index contributed by atoms with van der Waals surface area (Å²) in [5, 5.41) is 10.0. The quantitative estimate of drug-likeness (QED) is 0.690. The zero-order chi connectivity index (χ0) is 13.5. The molecule has 1 heterocycles. The molecule has 19 heavy (non-hydrogen) atoms. The van der Waals surface area contributed by atoms with Crippen LogP contribution in [0.3, 0.4) is 0 Å². The fraction of sp³-hybridized carbons (Fsp3) is 1.00. The average molecular weight is 273 g/mol. The molecule has 1 N–H and O–H groups in total. The van der Waals surface area contributed by atoms with Gasteiger partial charge in [-0.1, -0.05) is 12.8 Å². The number of hydrogen-bond acceptors (Lipinski definition) is 5. The summed E-state index contributed by atoms with van der Waals surface area (Å²) in [5.41, 5.74) is 0. The molecule has 3 atom stereocenters. The minimum absolute atomic E-state index is 0.379. The summed E-state index contributed by atoms with van der Waals surface area (Å²) >= 11 is 0. The lowest BCUT2D eigenvalue weighted by Gasteiger charge is -2.44. The highest BCUT2D eigenvalue weighted by atomic mass is 16.5. The lowest BCUT2D eigenvalue weighted by atomic mass is 9.90. The first-order valence-electron chi connectivity index (χ1n) is 7.41. The first-order chi connectivity index (χ1) is 9.31. The molecular formula is C14H27NO4. The van der Waals surface area contributed by atoms with E-state index in [1.165, 1.54) is 25.7 Å². The number of hydrogen-bond donors (Lipinski definition) is 1. The van der Waals surface area contributed by atoms with Gasteiger partial charge in [0.2, 0.25) is 0 Å². The van der Waals surface area contributed by atoms with E-state index < -0.39 is 6.10 Å². The van der Waals surface area contributed by atoms with Crippen LogP contribution in [0.4, 0.5) is 0 Å². The topological polar surface area (TPSA) is 51.2 Å². The summed E-state index contributed by atoms with van der Waals surface area (Å²) in [5.74, 6) is 0. The lowest BCUT2D eigenvalue weighted by Crippen LogP contribution is -2.54. The van der Waals surface area contributed by atoms with Gasteiger partial charge in [-0.3, -0.25) is 4.90 Å². The van der Waals surface area contributed by atoms with Gasteiger partial charge in [-0.25, -0.2) is 0 Å². The third-order valence-corrected chi connectivity index (χ3v) is 4.03. The summed E-state index contributed by atoms with van der Waals surface area (Å²) < 4.78 is 16.1. The smallest absolute Gasteiger partial charge is 0.0900 e. The van der Waals surface area contributed by atoms with E-state index in [1.807, 2.05) is 0 Å². The van der Waals surface area contributed by atoms with E-state index in [1.54, 1.807) is 7.11 Å². The number of ether oxygens (including phenoxy) is 3. The summed E-state index contributed by atoms with van der Waals surface area (Å²) in [6.07, 6.45) is 4.88. The average Bonchev–Trinajstić information content (AvgIpc) is 2.44. The van der Waals surface area contributed by atoms with Gasteiger partial charge in [0, 0.05) is 26.2 Å². The van der Waals surface area contributed by atoms with Crippen LogP contribution in [0.5, 0.6) is 0 Å². The highest BCUT2D eigenvalue weighted by Gasteiger charge is 2.34. The van der Waals surface area contributed by atoms with Gasteiger partial charge in [-0.05, 0) is 12.8 Å². The molecule has 112 valence electrons. The van der Waals surface area contributed by atoms with Crippen molar-refractivity contribution in [1.29, 1.82) is 0 Å². The van der Waals surface area contributed by atoms with Gasteiger partial charge in [0.25, 0.3) is 0 Å². The zero-order valence-corrected chi connectivity index (χ0v) is 11.9. The van der Waals surface area contributed by atoms with Crippen molar-refractivity contribution in [2.45, 2.75) is 43.9 Å². The van der Waals surface area contributed by atoms with Crippen LogP contribution in [0.25, 0.3) is 0 Å². The van der Waals surface area contributed by atoms with E-state index in [2.05, 4.69) is 4.90 Å². The lowest BCUT2D eigenvalue weighted by molar-refractivity contribution is -0.103. The molecule has 0 radical (unpaired) electrons. The van der Waals surface area contributed by atoms with Gasteiger partial charge in [-0.15, -0.1) is 0 Å². The minimum Gasteiger partial charge on any atom is -0.389 e. The van der Waals surface area contributed by atoms with Crippen molar-refractivity contribution in [3.8, 4) is 0 Å². The maximum atomic E-state index is 10.0. The van der Waals surface area contributed by atoms with Gasteiger partial charge in [0.1, 0.15) is 0 Å². The maximum Gasteiger partial charge on any atom is 0.0900 e. The molecule has 0 amide bonds. The maximum absolute atomic E-state index is 10.0. The van der Waals surface area contributed by atoms with Crippen LogP contribution < -0.4 is 0 Å². The van der Waals surface area contributed by atoms with E-state index >= 15 is 0 Å². The van der Waals surface area contributed by atoms with E-state index in [9.17, 15) is 5.11 Å². The number of aliphatic hydroxyl groups excluding tert-OH is 1. The Labute approximate surface area is 115 Å². The molecule has 1 saturated heterocycles. The molecule has 2 rings (SSSR count). The highest BCUT2D eigenvalue weighted by Crippen LogP contribution is 2.28. The van der Waals surface area contributed by atoms with Gasteiger partial charge >= 0.3 is 0 Å². The van der Waals surface area contributed by atoms with Crippen molar-refractivity contribution < 1.29 is 19.3 Å². The minimum atomic E-state index is -0.419. The summed E-state index contributed by atoms with van der Waals surface area (Å²) in [6.45, 7) is 3.92. The van der Waals surface area contributed by atoms with Crippen molar-refractivity contribution in [2.24, 2.45) is 0 Å². The third-order valence-electron chi connectivity index (χ3n) is 4.03. The third kappa shape index (κ3) is 4.68. The Hall–Kier alpha value is -0.200. The van der Waals surface area contributed by atoms with Crippen LogP contribution in [0.15, 0.2) is 0 Å². The first-order valence-corrected chi connectivity index (χ1v) is 7.41. The number of fused-ring (bicyclic) bond motifs is 1. The second-order valence-electron chi connectivity index (χ2n) is 5.48. The van der Waals surface area contributed by atoms with Gasteiger partial charge in [0.15, 0.2) is 0 Å². The molecule has 0 bridgehead atoms. The molecule has 0 aromatic heterocycles. The molecule has 5 nitrogen and oxygen atoms in total. The number of β-amino-alcohol motifs (C(OH)–C–C–N with tert-alkyl or cyclic N) is 1. The predicted molar refractivity (Wildman–Crippen MR) is 72.3 cm³/mol. The first kappa shape index (κ1) is 15.2. The Morgan fingerprint density at radius 3 is 3.00 bits per heavy atom. The molecular weight excluding hydrogens is 246 g/mol. The number of rotatable bonds is 7. The second kappa shape index (κ2) is 8.17. The fourth-order valence-electron chi connectivity index (χ4n) is 3.09. The van der Waals surface area contributed by atoms with Crippen LogP contribution in [-0.4, -0.2) is 74.9 Å². The van der Waals surface area contributed by atoms with Crippen LogP contribution in [0.2, 0.25) is 0 Å². The van der Waals surface area contributed by atoms with Crippen LogP contribution in [0, 0.1) is 0 Å². The van der Waals surface area contributed by atoms with E-state index in [-0.39, 0.29) is 0 Å². The van der Waals surface area contributed by atoms with Crippen LogP contribution >= 0.6 is 0 Å². The molecule has 5 heteroatoms. The number of methoxy groups -OCH3 is 1. The van der Waals surface area contributed by atoms with E-state index in [4.69, 9.17) is 14.2 Å². The zero-order valence-electron chi connectivity index (χ0n) is 11.9. The van der Waals surface area contributed by atoms with Gasteiger partial charge < -0.3 is 19.3 Å². The highest BCUT2D eigenvalue weighted by molar-refractivity contribution is 4.88. The molecule has 2 aliphatic rings. The molecule has 3 unspecified atom stereocenters. The molecule has 0 spiro atoms. The monoisotopic (exact) mass is 273 g/mol. The fourth-order valence-corrected chi connectivity index (χ4v) is 3.09. The number of aliphatic hydroxyl groups is 1. The Balaban J connectivity index is 1.70. The molecule has 1 saturated carbocycles. The summed E-state index contributed by atoms with van der Waals surface area (Å²) in [7, 11) is 1.65. The largest absolute Gasteiger partial charge is 0.389 e. The molecule has 1 aliphatic carbocycles. The van der Waals surface area contributed by atoms with Crippen LogP contribution in [0.1, 0.15) is 25.7 Å². The Kier molecular flexibility index (Phi) is 6.53. The van der Waals surface area contributed by atoms with Crippen molar-refractivity contribution in [1.82, 2.24) is 4.90 Å². The number of nitrogens with zero attached hydrogens (tertiary/aromatic N) is 1. The van der Waals surface area contributed by atoms with Crippen molar-refractivity contribution >= 4 is 0 Å². The van der Waals surface area contributed by atoms with Gasteiger partial charge in [0.05, 0.1) is 38.6 Å². The molecule has 2 fully saturated rings. The standard InChI is InChI=1S/C14H27NO4/c1-17-8-9-18-11-12(16)10-15-6-7-19-14-5-3-2-4-13(14)15/h12-14,16H,2-11H2,1H3. The van der Waals surface area contributed by atoms with Crippen LogP contribution in [-0.2, 0) is 14.2 Å². The van der Waals surface area contributed by atoms with Crippen molar-refractivity contribution in [2.75, 3.05) is 46.6 Å². The second-order valence-corrected chi connectivity index (χ2v) is 5.48. The van der Waals surface area contributed by atoms with E-state index in [0.29, 0.717) is 38.5 Å². The van der Waals surface area contributed by atoms with Gasteiger partial charge in [-0.2, -0.15) is 0 Å². The van der Waals surface area contributed by atoms with Crippen molar-refractivity contribution in [3.63, 3.8) is 0 Å². The summed E-state index contributed by atoms with van der Waals surface area (Å²) in [6, 6.07) is 0.496. The molecule has 1 aliphatic heterocycles. The normalized spacial score (nSPS) is 30.0. The summed E-state index contributed by atoms with van der Waals surface area (Å²) in [4.78, 5) is 2.39. The van der Waals surface area contributed by atoms with E-state index in [0.717, 1.165) is 13.2 Å².